The second kappa shape index (κ2) is 11.4. The molecule has 1 fully saturated rings. The number of hydrogen-bond acceptors (Lipinski definition) is 11. The minimum Gasteiger partial charge on any atom is -0.480 e. The summed E-state index contributed by atoms with van der Waals surface area (Å²) in [6.07, 6.45) is 1.39. The van der Waals surface area contributed by atoms with Crippen molar-refractivity contribution in [3.63, 3.8) is 0 Å². The van der Waals surface area contributed by atoms with Crippen LogP contribution < -0.4 is 30.7 Å². The molecule has 4 heterocycles. The van der Waals surface area contributed by atoms with Crippen molar-refractivity contribution >= 4 is 23.6 Å². The van der Waals surface area contributed by atoms with Crippen molar-refractivity contribution < 1.29 is 28.9 Å². The largest absolute Gasteiger partial charge is 0.480 e. The Labute approximate surface area is 225 Å². The number of carbonyl (C=O) groups is 2. The van der Waals surface area contributed by atoms with E-state index in [1.165, 1.54) is 4.90 Å². The van der Waals surface area contributed by atoms with Gasteiger partial charge in [-0.25, -0.2) is 14.8 Å². The zero-order valence-corrected chi connectivity index (χ0v) is 21.6. The van der Waals surface area contributed by atoms with E-state index >= 15 is 0 Å². The summed E-state index contributed by atoms with van der Waals surface area (Å²) >= 11 is 0. The summed E-state index contributed by atoms with van der Waals surface area (Å²) in [5, 5.41) is 24.9. The maximum atomic E-state index is 12.5. The van der Waals surface area contributed by atoms with Crippen molar-refractivity contribution in [2.45, 2.75) is 38.3 Å². The maximum absolute atomic E-state index is 12.5. The van der Waals surface area contributed by atoms with Gasteiger partial charge in [-0.1, -0.05) is 0 Å². The Kier molecular flexibility index (Phi) is 7.78. The lowest BCUT2D eigenvalue weighted by Gasteiger charge is -2.19. The van der Waals surface area contributed by atoms with Crippen LogP contribution in [0.25, 0.3) is 0 Å². The van der Waals surface area contributed by atoms with Crippen LogP contribution in [0.4, 0.5) is 16.4 Å². The molecule has 13 heteroatoms. The minimum atomic E-state index is -0.514. The lowest BCUT2D eigenvalue weighted by Crippen LogP contribution is -2.31. The highest BCUT2D eigenvalue weighted by Crippen LogP contribution is 2.35. The number of nitrogens with two attached hydrogens (primary N) is 1. The van der Waals surface area contributed by atoms with Crippen LogP contribution >= 0.6 is 0 Å². The number of cyclic esters (lactones) is 1. The molecule has 206 valence electrons. The molecule has 3 atom stereocenters. The average Bonchev–Trinajstić information content (AvgIpc) is 3.53. The van der Waals surface area contributed by atoms with Crippen LogP contribution in [0.3, 0.4) is 0 Å². The van der Waals surface area contributed by atoms with E-state index in [0.29, 0.717) is 48.6 Å². The number of fused-ring (bicyclic) bond motifs is 2. The molecule has 0 bridgehead atoms. The number of hydrogen-bond donors (Lipinski definition) is 4. The quantitative estimate of drug-likeness (QED) is 0.308. The van der Waals surface area contributed by atoms with E-state index in [4.69, 9.17) is 25.1 Å². The summed E-state index contributed by atoms with van der Waals surface area (Å²) in [4.78, 5) is 34.2. The number of aliphatic hydroxyl groups excluding tert-OH is 1. The third kappa shape index (κ3) is 5.73. The smallest absolute Gasteiger partial charge is 0.415 e. The lowest BCUT2D eigenvalue weighted by molar-refractivity contribution is -0.118. The molecule has 2 aliphatic heterocycles. The van der Waals surface area contributed by atoms with E-state index < -0.39 is 12.1 Å². The highest BCUT2D eigenvalue weighted by atomic mass is 16.6. The van der Waals surface area contributed by atoms with E-state index in [1.807, 2.05) is 6.92 Å². The molecule has 0 aromatic carbocycles. The first-order chi connectivity index (χ1) is 18.9. The molecule has 13 nitrogen and oxygen atoms in total. The summed E-state index contributed by atoms with van der Waals surface area (Å²) in [7, 11) is 0. The molecular formula is C26H31N7O6. The van der Waals surface area contributed by atoms with Crippen molar-refractivity contribution in [1.82, 2.24) is 15.3 Å². The van der Waals surface area contributed by atoms with Gasteiger partial charge in [-0.2, -0.15) is 5.26 Å². The third-order valence-electron chi connectivity index (χ3n) is 7.08. The normalized spacial score (nSPS) is 20.4. The van der Waals surface area contributed by atoms with Crippen LogP contribution in [0, 0.1) is 24.2 Å². The first-order valence-electron chi connectivity index (χ1n) is 12.9. The molecular weight excluding hydrogens is 506 g/mol. The topological polar surface area (TPSA) is 185 Å². The average molecular weight is 538 g/mol. The van der Waals surface area contributed by atoms with Crippen molar-refractivity contribution in [1.29, 1.82) is 5.26 Å². The molecule has 5 N–H and O–H groups in total. The van der Waals surface area contributed by atoms with Gasteiger partial charge < -0.3 is 35.7 Å². The van der Waals surface area contributed by atoms with Crippen molar-refractivity contribution in [3.05, 3.63) is 34.5 Å². The molecule has 0 radical (unpaired) electrons. The van der Waals surface area contributed by atoms with Gasteiger partial charge in [0.15, 0.2) is 18.2 Å². The monoisotopic (exact) mass is 537 g/mol. The number of rotatable bonds is 10. The van der Waals surface area contributed by atoms with Gasteiger partial charge >= 0.3 is 6.09 Å². The van der Waals surface area contributed by atoms with Crippen molar-refractivity contribution in [2.24, 2.45) is 11.7 Å². The number of aromatic nitrogens is 2. The van der Waals surface area contributed by atoms with E-state index in [1.54, 1.807) is 12.1 Å². The number of carbonyl (C=O) groups excluding carboxylic acids is 2. The standard InChI is InChI=1S/C26H31N7O6/c1-14-18-6-15(7-19(18)20(8-27)30-25(14)38-12-16(28)11-34)9-29-5-4-17-10-33(26(36)39-17)22-3-2-21-24(31-22)32-23(35)13-37-21/h2-3,15-17,29,34H,4-7,9-13,28H2,1H3,(H,31,32,35). The van der Waals surface area contributed by atoms with Crippen LogP contribution in [-0.4, -0.2) is 78.7 Å². The summed E-state index contributed by atoms with van der Waals surface area (Å²) in [5.74, 6) is 1.53. The number of ether oxygens (including phenoxy) is 3. The SMILES string of the molecule is Cc1c(OCC(N)CO)nc(C#N)c2c1CC(CNCCC1CN(c3ccc4c(n3)NC(=O)CO4)C(=O)O1)C2. The molecule has 39 heavy (non-hydrogen) atoms. The third-order valence-corrected chi connectivity index (χ3v) is 7.08. The number of nitrogens with zero attached hydrogens (tertiary/aromatic N) is 4. The number of nitriles is 1. The van der Waals surface area contributed by atoms with Crippen LogP contribution in [0.1, 0.15) is 28.8 Å². The summed E-state index contributed by atoms with van der Waals surface area (Å²) in [6, 6.07) is 5.01. The van der Waals surface area contributed by atoms with Gasteiger partial charge in [0.1, 0.15) is 30.3 Å². The fourth-order valence-corrected chi connectivity index (χ4v) is 5.04. The molecule has 5 rings (SSSR count). The van der Waals surface area contributed by atoms with Gasteiger partial charge in [-0.3, -0.25) is 9.69 Å². The van der Waals surface area contributed by atoms with Crippen molar-refractivity contribution in [2.75, 3.05) is 49.7 Å². The minimum absolute atomic E-state index is 0.0617. The molecule has 2 amide bonds. The van der Waals surface area contributed by atoms with Gasteiger partial charge in [0.25, 0.3) is 5.91 Å². The summed E-state index contributed by atoms with van der Waals surface area (Å²) < 4.78 is 16.5. The summed E-state index contributed by atoms with van der Waals surface area (Å²) in [6.45, 7) is 3.54. The maximum Gasteiger partial charge on any atom is 0.415 e. The Balaban J connectivity index is 1.11. The van der Waals surface area contributed by atoms with Gasteiger partial charge in [-0.15, -0.1) is 0 Å². The number of anilines is 2. The van der Waals surface area contributed by atoms with Gasteiger partial charge in [-0.05, 0) is 68.5 Å². The summed E-state index contributed by atoms with van der Waals surface area (Å²) in [5.41, 5.74) is 9.04. The first kappa shape index (κ1) is 26.6. The van der Waals surface area contributed by atoms with Gasteiger partial charge in [0.2, 0.25) is 5.88 Å². The van der Waals surface area contributed by atoms with E-state index in [2.05, 4.69) is 26.7 Å². The van der Waals surface area contributed by atoms with Crippen LogP contribution in [-0.2, 0) is 22.4 Å². The predicted octanol–water partition coefficient (Wildman–Crippen LogP) is 0.406. The highest BCUT2D eigenvalue weighted by molar-refractivity contribution is 5.95. The number of amides is 2. The molecule has 0 spiro atoms. The molecule has 0 saturated carbocycles. The number of pyridine rings is 2. The second-order valence-electron chi connectivity index (χ2n) is 9.95. The number of nitrogens with one attached hydrogen (secondary N) is 2. The Morgan fingerprint density at radius 1 is 1.33 bits per heavy atom. The van der Waals surface area contributed by atoms with Crippen LogP contribution in [0.5, 0.6) is 11.6 Å². The molecule has 1 aliphatic carbocycles. The zero-order valence-electron chi connectivity index (χ0n) is 21.6. The predicted molar refractivity (Wildman–Crippen MR) is 139 cm³/mol. The van der Waals surface area contributed by atoms with Crippen LogP contribution in [0.2, 0.25) is 0 Å². The fraction of sp³-hybridized carbons (Fsp3) is 0.500. The molecule has 1 saturated heterocycles. The Bertz CT molecular complexity index is 1310. The van der Waals surface area contributed by atoms with Gasteiger partial charge in [0, 0.05) is 5.56 Å². The number of aliphatic hydroxyl groups is 1. The van der Waals surface area contributed by atoms with Crippen LogP contribution in [0.15, 0.2) is 12.1 Å². The van der Waals surface area contributed by atoms with E-state index in [-0.39, 0.29) is 37.6 Å². The van der Waals surface area contributed by atoms with Crippen molar-refractivity contribution in [3.8, 4) is 17.7 Å². The first-order valence-corrected chi connectivity index (χ1v) is 12.9. The second-order valence-corrected chi connectivity index (χ2v) is 9.95. The molecule has 2 aromatic rings. The lowest BCUT2D eigenvalue weighted by atomic mass is 10.0. The molecule has 3 aliphatic rings. The zero-order chi connectivity index (χ0) is 27.5. The van der Waals surface area contributed by atoms with Gasteiger partial charge in [0.05, 0.1) is 19.2 Å². The molecule has 2 aromatic heterocycles. The molecule has 3 unspecified atom stereocenters. The fourth-order valence-electron chi connectivity index (χ4n) is 5.04. The Morgan fingerprint density at radius 3 is 2.95 bits per heavy atom. The van der Waals surface area contributed by atoms with E-state index in [9.17, 15) is 14.9 Å². The Morgan fingerprint density at radius 2 is 2.15 bits per heavy atom. The Hall–Kier alpha value is -3.99. The highest BCUT2D eigenvalue weighted by Gasteiger charge is 2.34. The van der Waals surface area contributed by atoms with E-state index in [0.717, 1.165) is 36.1 Å².